The molecule has 0 saturated carbocycles. The maximum Gasteiger partial charge on any atom is 0.283 e. The molecule has 1 aromatic carbocycles. The van der Waals surface area contributed by atoms with Crippen LogP contribution in [0.4, 0.5) is 0 Å². The van der Waals surface area contributed by atoms with Crippen LogP contribution < -0.4 is 10.3 Å². The number of rotatable bonds is 4. The average Bonchev–Trinajstić information content (AvgIpc) is 3.31. The van der Waals surface area contributed by atoms with Crippen LogP contribution in [0.3, 0.4) is 0 Å². The van der Waals surface area contributed by atoms with Gasteiger partial charge in [-0.2, -0.15) is 9.78 Å². The van der Waals surface area contributed by atoms with E-state index in [1.165, 1.54) is 16.0 Å². The molecule has 3 heterocycles. The van der Waals surface area contributed by atoms with Gasteiger partial charge in [0.15, 0.2) is 0 Å². The lowest BCUT2D eigenvalue weighted by Gasteiger charge is -2.04. The summed E-state index contributed by atoms with van der Waals surface area (Å²) in [5.74, 6) is 1.93. The molecule has 130 valence electrons. The quantitative estimate of drug-likeness (QED) is 0.514. The molecule has 0 fully saturated rings. The van der Waals surface area contributed by atoms with Gasteiger partial charge in [0.25, 0.3) is 5.56 Å². The molecule has 26 heavy (non-hydrogen) atoms. The number of methoxy groups -OCH3 is 1. The van der Waals surface area contributed by atoms with E-state index in [0.29, 0.717) is 21.8 Å². The van der Waals surface area contributed by atoms with Crippen LogP contribution in [0.2, 0.25) is 0 Å². The van der Waals surface area contributed by atoms with Gasteiger partial charge in [0.05, 0.1) is 25.0 Å². The smallest absolute Gasteiger partial charge is 0.283 e. The normalized spacial score (nSPS) is 11.5. The highest BCUT2D eigenvalue weighted by atomic mass is 32.1. The second kappa shape index (κ2) is 6.61. The van der Waals surface area contributed by atoms with Crippen LogP contribution in [0.5, 0.6) is 5.75 Å². The Labute approximate surface area is 153 Å². The molecule has 0 amide bonds. The summed E-state index contributed by atoms with van der Waals surface area (Å²) in [4.78, 5) is 18.2. The zero-order valence-corrected chi connectivity index (χ0v) is 15.0. The van der Waals surface area contributed by atoms with Crippen LogP contribution >= 0.6 is 11.3 Å². The van der Waals surface area contributed by atoms with E-state index in [2.05, 4.69) is 10.1 Å². The number of furan rings is 1. The Bertz CT molecular complexity index is 1140. The van der Waals surface area contributed by atoms with Gasteiger partial charge >= 0.3 is 0 Å². The fraction of sp³-hybridized carbons (Fsp3) is 0.105. The monoisotopic (exact) mass is 365 g/mol. The molecule has 4 rings (SSSR count). The van der Waals surface area contributed by atoms with Gasteiger partial charge < -0.3 is 9.15 Å². The van der Waals surface area contributed by atoms with Crippen molar-refractivity contribution in [2.24, 2.45) is 5.10 Å². The molecule has 7 heteroatoms. The van der Waals surface area contributed by atoms with Gasteiger partial charge in [0.1, 0.15) is 22.2 Å². The number of ether oxygens (including phenoxy) is 1. The van der Waals surface area contributed by atoms with Crippen molar-refractivity contribution in [3.63, 3.8) is 0 Å². The van der Waals surface area contributed by atoms with Crippen molar-refractivity contribution in [1.29, 1.82) is 0 Å². The summed E-state index contributed by atoms with van der Waals surface area (Å²) in [5, 5.41) is 6.73. The Kier molecular flexibility index (Phi) is 4.14. The number of aryl methyl sites for hydroxylation is 1. The molecule has 0 saturated heterocycles. The van der Waals surface area contributed by atoms with E-state index in [0.717, 1.165) is 16.9 Å². The lowest BCUT2D eigenvalue weighted by molar-refractivity contribution is 0.415. The Morgan fingerprint density at radius 3 is 2.77 bits per heavy atom. The number of thiophene rings is 1. The van der Waals surface area contributed by atoms with Gasteiger partial charge in [-0.05, 0) is 48.9 Å². The third-order valence-electron chi connectivity index (χ3n) is 3.97. The SMILES string of the molecule is COc1ccc(/C=N/n2c(C)nc3scc(-c4ccco4)c3c2=O)cc1. The zero-order valence-electron chi connectivity index (χ0n) is 14.2. The lowest BCUT2D eigenvalue weighted by Crippen LogP contribution is -2.20. The van der Waals surface area contributed by atoms with Gasteiger partial charge in [0, 0.05) is 10.9 Å². The number of nitrogens with zero attached hydrogens (tertiary/aromatic N) is 3. The second-order valence-electron chi connectivity index (χ2n) is 5.60. The maximum absolute atomic E-state index is 13.0. The van der Waals surface area contributed by atoms with E-state index in [1.54, 1.807) is 32.6 Å². The largest absolute Gasteiger partial charge is 0.497 e. The first kappa shape index (κ1) is 16.3. The summed E-state index contributed by atoms with van der Waals surface area (Å²) in [6, 6.07) is 11.0. The summed E-state index contributed by atoms with van der Waals surface area (Å²) in [6.07, 6.45) is 3.21. The molecular formula is C19H15N3O3S. The number of benzene rings is 1. The highest BCUT2D eigenvalue weighted by molar-refractivity contribution is 7.17. The van der Waals surface area contributed by atoms with E-state index in [9.17, 15) is 4.79 Å². The first-order valence-electron chi connectivity index (χ1n) is 7.90. The number of hydrogen-bond donors (Lipinski definition) is 0. The Balaban J connectivity index is 1.80. The van der Waals surface area contributed by atoms with Gasteiger partial charge in [-0.3, -0.25) is 4.79 Å². The van der Waals surface area contributed by atoms with Crippen LogP contribution in [-0.2, 0) is 0 Å². The van der Waals surface area contributed by atoms with Crippen molar-refractivity contribution in [2.45, 2.75) is 6.92 Å². The van der Waals surface area contributed by atoms with Crippen LogP contribution in [0.15, 0.2) is 62.4 Å². The summed E-state index contributed by atoms with van der Waals surface area (Å²) in [7, 11) is 1.62. The Morgan fingerprint density at radius 2 is 2.08 bits per heavy atom. The molecule has 0 aliphatic heterocycles. The Morgan fingerprint density at radius 1 is 1.27 bits per heavy atom. The molecule has 0 radical (unpaired) electrons. The minimum atomic E-state index is -0.218. The van der Waals surface area contributed by atoms with Crippen LogP contribution in [-0.4, -0.2) is 23.0 Å². The molecular weight excluding hydrogens is 350 g/mol. The van der Waals surface area contributed by atoms with Gasteiger partial charge in [0.2, 0.25) is 0 Å². The topological polar surface area (TPSA) is 69.6 Å². The van der Waals surface area contributed by atoms with Crippen LogP contribution in [0, 0.1) is 6.92 Å². The third kappa shape index (κ3) is 2.82. The molecule has 0 N–H and O–H groups in total. The minimum absolute atomic E-state index is 0.218. The van der Waals surface area contributed by atoms with Crippen molar-refractivity contribution in [1.82, 2.24) is 9.66 Å². The molecule has 6 nitrogen and oxygen atoms in total. The molecule has 0 bridgehead atoms. The standard InChI is InChI=1S/C19H15N3O3S/c1-12-21-18-17(15(11-26-18)16-4-3-9-25-16)19(23)22(12)20-10-13-5-7-14(24-2)8-6-13/h3-11H,1-2H3/b20-10+. The van der Waals surface area contributed by atoms with Gasteiger partial charge in [-0.25, -0.2) is 4.98 Å². The van der Waals surface area contributed by atoms with Crippen molar-refractivity contribution < 1.29 is 9.15 Å². The van der Waals surface area contributed by atoms with Crippen molar-refractivity contribution in [2.75, 3.05) is 7.11 Å². The first-order chi connectivity index (χ1) is 12.7. The molecule has 0 atom stereocenters. The predicted octanol–water partition coefficient (Wildman–Crippen LogP) is 3.92. The highest BCUT2D eigenvalue weighted by Gasteiger charge is 2.16. The van der Waals surface area contributed by atoms with Crippen molar-refractivity contribution in [3.8, 4) is 17.1 Å². The van der Waals surface area contributed by atoms with E-state index < -0.39 is 0 Å². The lowest BCUT2D eigenvalue weighted by atomic mass is 10.2. The number of fused-ring (bicyclic) bond motifs is 1. The maximum atomic E-state index is 13.0. The molecule has 0 aliphatic rings. The Hall–Kier alpha value is -3.19. The van der Waals surface area contributed by atoms with Crippen molar-refractivity contribution in [3.05, 3.63) is 69.8 Å². The fourth-order valence-electron chi connectivity index (χ4n) is 2.65. The molecule has 4 aromatic rings. The molecule has 0 spiro atoms. The summed E-state index contributed by atoms with van der Waals surface area (Å²) < 4.78 is 11.9. The van der Waals surface area contributed by atoms with Crippen LogP contribution in [0.25, 0.3) is 21.5 Å². The number of aromatic nitrogens is 2. The third-order valence-corrected chi connectivity index (χ3v) is 4.84. The summed E-state index contributed by atoms with van der Waals surface area (Å²) in [5.41, 5.74) is 1.37. The highest BCUT2D eigenvalue weighted by Crippen LogP contribution is 2.31. The van der Waals surface area contributed by atoms with Gasteiger partial charge in [-0.1, -0.05) is 0 Å². The second-order valence-corrected chi connectivity index (χ2v) is 6.46. The van der Waals surface area contributed by atoms with E-state index in [4.69, 9.17) is 9.15 Å². The van der Waals surface area contributed by atoms with E-state index in [-0.39, 0.29) is 5.56 Å². The molecule has 0 unspecified atom stereocenters. The van der Waals surface area contributed by atoms with Crippen LogP contribution in [0.1, 0.15) is 11.4 Å². The predicted molar refractivity (Wildman–Crippen MR) is 102 cm³/mol. The minimum Gasteiger partial charge on any atom is -0.497 e. The fourth-order valence-corrected chi connectivity index (χ4v) is 3.61. The number of hydrogen-bond acceptors (Lipinski definition) is 6. The summed E-state index contributed by atoms with van der Waals surface area (Å²) >= 11 is 1.42. The van der Waals surface area contributed by atoms with E-state index in [1.807, 2.05) is 35.7 Å². The van der Waals surface area contributed by atoms with Crippen molar-refractivity contribution >= 4 is 27.8 Å². The summed E-state index contributed by atoms with van der Waals surface area (Å²) in [6.45, 7) is 1.76. The van der Waals surface area contributed by atoms with Gasteiger partial charge in [-0.15, -0.1) is 11.3 Å². The molecule has 0 aliphatic carbocycles. The zero-order chi connectivity index (χ0) is 18.1. The van der Waals surface area contributed by atoms with E-state index >= 15 is 0 Å². The average molecular weight is 365 g/mol. The first-order valence-corrected chi connectivity index (χ1v) is 8.78. The molecule has 3 aromatic heterocycles.